The van der Waals surface area contributed by atoms with Crippen LogP contribution in [-0.4, -0.2) is 11.8 Å². The fourth-order valence-corrected chi connectivity index (χ4v) is 3.03. The minimum atomic E-state index is 0.0621. The van der Waals surface area contributed by atoms with Crippen molar-refractivity contribution in [3.8, 4) is 0 Å². The number of thiophene rings is 1. The van der Waals surface area contributed by atoms with Crippen LogP contribution in [0.5, 0.6) is 0 Å². The lowest BCUT2D eigenvalue weighted by Gasteiger charge is -2.27. The highest BCUT2D eigenvalue weighted by Crippen LogP contribution is 2.28. The van der Waals surface area contributed by atoms with Crippen LogP contribution in [0.25, 0.3) is 0 Å². The molecule has 2 unspecified atom stereocenters. The predicted octanol–water partition coefficient (Wildman–Crippen LogP) is 2.76. The van der Waals surface area contributed by atoms with Crippen molar-refractivity contribution in [2.24, 2.45) is 11.7 Å². The van der Waals surface area contributed by atoms with Crippen LogP contribution >= 0.6 is 11.3 Å². The number of carbonyl (C=O) groups excluding carboxylic acids is 1. The highest BCUT2D eigenvalue weighted by atomic mass is 32.1. The van der Waals surface area contributed by atoms with Gasteiger partial charge in [-0.3, -0.25) is 4.79 Å². The van der Waals surface area contributed by atoms with E-state index >= 15 is 0 Å². The van der Waals surface area contributed by atoms with Gasteiger partial charge in [0.1, 0.15) is 0 Å². The molecule has 1 saturated carbocycles. The summed E-state index contributed by atoms with van der Waals surface area (Å²) in [7, 11) is 0. The third kappa shape index (κ3) is 2.13. The first-order valence-electron chi connectivity index (χ1n) is 5.54. The number of carbonyl (C=O) groups is 1. The van der Waals surface area contributed by atoms with Gasteiger partial charge in [-0.25, -0.2) is 0 Å². The van der Waals surface area contributed by atoms with Crippen LogP contribution in [0.15, 0.2) is 11.4 Å². The fraction of sp³-hybridized carbons (Fsp3) is 0.583. The largest absolute Gasteiger partial charge is 0.327 e. The van der Waals surface area contributed by atoms with E-state index in [4.69, 9.17) is 5.73 Å². The number of hydrogen-bond acceptors (Lipinski definition) is 3. The molecule has 0 aromatic carbocycles. The molecule has 1 aromatic rings. The monoisotopic (exact) mass is 223 g/mol. The molecular formula is C12H17NOS. The van der Waals surface area contributed by atoms with E-state index in [2.05, 4.69) is 0 Å². The molecule has 1 heterocycles. The average Bonchev–Trinajstić information content (AvgIpc) is 2.64. The van der Waals surface area contributed by atoms with Crippen molar-refractivity contribution < 1.29 is 4.79 Å². The SMILES string of the molecule is Cc1sccc1C(=O)C1CCCCC1N. The molecule has 2 rings (SSSR count). The van der Waals surface area contributed by atoms with E-state index in [-0.39, 0.29) is 17.7 Å². The summed E-state index contributed by atoms with van der Waals surface area (Å²) in [5.41, 5.74) is 6.91. The van der Waals surface area contributed by atoms with Gasteiger partial charge >= 0.3 is 0 Å². The minimum Gasteiger partial charge on any atom is -0.327 e. The smallest absolute Gasteiger partial charge is 0.168 e. The normalized spacial score (nSPS) is 26.5. The maximum atomic E-state index is 12.2. The number of ketones is 1. The van der Waals surface area contributed by atoms with Crippen molar-refractivity contribution in [3.63, 3.8) is 0 Å². The molecule has 2 atom stereocenters. The molecule has 1 aromatic heterocycles. The second-order valence-electron chi connectivity index (χ2n) is 4.31. The zero-order chi connectivity index (χ0) is 10.8. The molecule has 1 aliphatic rings. The van der Waals surface area contributed by atoms with Gasteiger partial charge in [0.05, 0.1) is 0 Å². The highest BCUT2D eigenvalue weighted by molar-refractivity contribution is 7.10. The number of Topliss-reactive ketones (excluding diaryl/α,β-unsaturated/α-hetero) is 1. The molecule has 1 fully saturated rings. The van der Waals surface area contributed by atoms with Crippen molar-refractivity contribution in [1.29, 1.82) is 0 Å². The van der Waals surface area contributed by atoms with Crippen LogP contribution in [0.4, 0.5) is 0 Å². The Morgan fingerprint density at radius 2 is 2.20 bits per heavy atom. The summed E-state index contributed by atoms with van der Waals surface area (Å²) in [5, 5.41) is 1.98. The van der Waals surface area contributed by atoms with Crippen LogP contribution in [0, 0.1) is 12.8 Å². The number of hydrogen-bond donors (Lipinski definition) is 1. The van der Waals surface area contributed by atoms with Gasteiger partial charge in [0.15, 0.2) is 5.78 Å². The molecule has 2 nitrogen and oxygen atoms in total. The molecule has 0 radical (unpaired) electrons. The summed E-state index contributed by atoms with van der Waals surface area (Å²) >= 11 is 1.64. The van der Waals surface area contributed by atoms with Gasteiger partial charge in [-0.2, -0.15) is 0 Å². The summed E-state index contributed by atoms with van der Waals surface area (Å²) in [6.45, 7) is 2.01. The number of nitrogens with two attached hydrogens (primary N) is 1. The van der Waals surface area contributed by atoms with Gasteiger partial charge in [-0.15, -0.1) is 11.3 Å². The molecule has 82 valence electrons. The molecule has 0 saturated heterocycles. The lowest BCUT2D eigenvalue weighted by Crippen LogP contribution is -2.38. The van der Waals surface area contributed by atoms with E-state index in [9.17, 15) is 4.79 Å². The summed E-state index contributed by atoms with van der Waals surface area (Å²) < 4.78 is 0. The zero-order valence-electron chi connectivity index (χ0n) is 9.03. The third-order valence-corrected chi connectivity index (χ3v) is 4.13. The van der Waals surface area contributed by atoms with Crippen LogP contribution in [-0.2, 0) is 0 Å². The van der Waals surface area contributed by atoms with Gasteiger partial charge in [0.2, 0.25) is 0 Å². The standard InChI is InChI=1S/C12H17NOS/c1-8-9(6-7-15-8)12(14)10-4-2-3-5-11(10)13/h6-7,10-11H,2-5,13H2,1H3. The first-order chi connectivity index (χ1) is 7.20. The highest BCUT2D eigenvalue weighted by Gasteiger charge is 2.29. The number of aryl methyl sites for hydroxylation is 1. The van der Waals surface area contributed by atoms with Gasteiger partial charge < -0.3 is 5.73 Å². The van der Waals surface area contributed by atoms with E-state index in [0.717, 1.165) is 29.7 Å². The Bertz CT molecular complexity index is 358. The zero-order valence-corrected chi connectivity index (χ0v) is 9.85. The number of rotatable bonds is 2. The lowest BCUT2D eigenvalue weighted by atomic mass is 9.80. The second-order valence-corrected chi connectivity index (χ2v) is 5.43. The van der Waals surface area contributed by atoms with Gasteiger partial charge in [0, 0.05) is 22.4 Å². The van der Waals surface area contributed by atoms with Gasteiger partial charge in [-0.1, -0.05) is 12.8 Å². The van der Waals surface area contributed by atoms with E-state index in [1.165, 1.54) is 6.42 Å². The summed E-state index contributed by atoms with van der Waals surface area (Å²) in [5.74, 6) is 0.327. The van der Waals surface area contributed by atoms with E-state index < -0.39 is 0 Å². The first-order valence-corrected chi connectivity index (χ1v) is 6.42. The van der Waals surface area contributed by atoms with Crippen LogP contribution in [0.1, 0.15) is 40.9 Å². The molecular weight excluding hydrogens is 206 g/mol. The minimum absolute atomic E-state index is 0.0621. The van der Waals surface area contributed by atoms with E-state index in [0.29, 0.717) is 0 Å². The van der Waals surface area contributed by atoms with Crippen molar-refractivity contribution in [2.75, 3.05) is 0 Å². The average molecular weight is 223 g/mol. The topological polar surface area (TPSA) is 43.1 Å². The van der Waals surface area contributed by atoms with Crippen molar-refractivity contribution >= 4 is 17.1 Å². The fourth-order valence-electron chi connectivity index (χ4n) is 2.33. The Hall–Kier alpha value is -0.670. The molecule has 0 spiro atoms. The summed E-state index contributed by atoms with van der Waals surface area (Å²) in [6, 6.07) is 2.01. The molecule has 2 N–H and O–H groups in total. The second kappa shape index (κ2) is 4.45. The molecule has 15 heavy (non-hydrogen) atoms. The Morgan fingerprint density at radius 3 is 2.80 bits per heavy atom. The molecule has 1 aliphatic carbocycles. The maximum absolute atomic E-state index is 12.2. The van der Waals surface area contributed by atoms with Gasteiger partial charge in [-0.05, 0) is 31.2 Å². The van der Waals surface area contributed by atoms with Crippen LogP contribution < -0.4 is 5.73 Å². The van der Waals surface area contributed by atoms with Crippen LogP contribution in [0.3, 0.4) is 0 Å². The van der Waals surface area contributed by atoms with Crippen molar-refractivity contribution in [1.82, 2.24) is 0 Å². The quantitative estimate of drug-likeness (QED) is 0.783. The first kappa shape index (κ1) is 10.8. The maximum Gasteiger partial charge on any atom is 0.168 e. The predicted molar refractivity (Wildman–Crippen MR) is 63.3 cm³/mol. The van der Waals surface area contributed by atoms with Crippen molar-refractivity contribution in [2.45, 2.75) is 38.6 Å². The molecule has 0 amide bonds. The molecule has 3 heteroatoms. The van der Waals surface area contributed by atoms with Crippen LogP contribution in [0.2, 0.25) is 0 Å². The third-order valence-electron chi connectivity index (χ3n) is 3.28. The lowest BCUT2D eigenvalue weighted by molar-refractivity contribution is 0.0871. The summed E-state index contributed by atoms with van der Waals surface area (Å²) in [4.78, 5) is 13.3. The Balaban J connectivity index is 2.17. The molecule has 0 aliphatic heterocycles. The van der Waals surface area contributed by atoms with E-state index in [1.54, 1.807) is 11.3 Å². The Kier molecular flexibility index (Phi) is 3.22. The molecule has 0 bridgehead atoms. The van der Waals surface area contributed by atoms with Crippen molar-refractivity contribution in [3.05, 3.63) is 21.9 Å². The van der Waals surface area contributed by atoms with E-state index in [1.807, 2.05) is 18.4 Å². The Labute approximate surface area is 94.5 Å². The van der Waals surface area contributed by atoms with Gasteiger partial charge in [0.25, 0.3) is 0 Å². The summed E-state index contributed by atoms with van der Waals surface area (Å²) in [6.07, 6.45) is 4.29. The Morgan fingerprint density at radius 1 is 1.47 bits per heavy atom.